The van der Waals surface area contributed by atoms with E-state index in [0.717, 1.165) is 12.8 Å². The van der Waals surface area contributed by atoms with Gasteiger partial charge in [0.1, 0.15) is 5.75 Å². The Morgan fingerprint density at radius 1 is 1.42 bits per heavy atom. The van der Waals surface area contributed by atoms with Gasteiger partial charge in [-0.05, 0) is 46.8 Å². The van der Waals surface area contributed by atoms with Crippen LogP contribution in [0, 0.1) is 5.92 Å². The molecule has 1 aliphatic rings. The van der Waals surface area contributed by atoms with Crippen LogP contribution in [0.1, 0.15) is 23.2 Å². The summed E-state index contributed by atoms with van der Waals surface area (Å²) in [6.45, 7) is 1.34. The second kappa shape index (κ2) is 6.11. The topological polar surface area (TPSA) is 60.8 Å². The lowest BCUT2D eigenvalue weighted by atomic mass is 9.97. The number of amides is 1. The van der Waals surface area contributed by atoms with Crippen LogP contribution in [0.25, 0.3) is 0 Å². The molecular weight excluding hydrogens is 334 g/mol. The zero-order chi connectivity index (χ0) is 14.0. The number of hydrogen-bond donors (Lipinski definition) is 2. The molecular formula is C13H15BrClNO3. The van der Waals surface area contributed by atoms with Crippen LogP contribution in [0.4, 0.5) is 0 Å². The zero-order valence-corrected chi connectivity index (χ0v) is 12.6. The van der Waals surface area contributed by atoms with E-state index in [4.69, 9.17) is 16.7 Å². The van der Waals surface area contributed by atoms with Crippen molar-refractivity contribution in [2.24, 2.45) is 5.92 Å². The Morgan fingerprint density at radius 2 is 2.05 bits per heavy atom. The van der Waals surface area contributed by atoms with Gasteiger partial charge in [0.25, 0.3) is 5.91 Å². The van der Waals surface area contributed by atoms with Crippen molar-refractivity contribution < 1.29 is 15.0 Å². The van der Waals surface area contributed by atoms with Crippen LogP contribution in [-0.2, 0) is 0 Å². The van der Waals surface area contributed by atoms with E-state index in [-0.39, 0.29) is 29.7 Å². The van der Waals surface area contributed by atoms with Crippen molar-refractivity contribution in [1.29, 1.82) is 0 Å². The molecule has 2 N–H and O–H groups in total. The van der Waals surface area contributed by atoms with Gasteiger partial charge in [0.2, 0.25) is 0 Å². The zero-order valence-electron chi connectivity index (χ0n) is 10.3. The molecule has 19 heavy (non-hydrogen) atoms. The number of phenols is 1. The summed E-state index contributed by atoms with van der Waals surface area (Å²) in [5.74, 6) is -0.0421. The quantitative estimate of drug-likeness (QED) is 0.864. The van der Waals surface area contributed by atoms with Gasteiger partial charge in [0.15, 0.2) is 0 Å². The number of carbonyl (C=O) groups excluding carboxylic acids is 1. The maximum atomic E-state index is 12.3. The fourth-order valence-electron chi connectivity index (χ4n) is 2.22. The molecule has 0 spiro atoms. The molecule has 6 heteroatoms. The maximum absolute atomic E-state index is 12.3. The highest BCUT2D eigenvalue weighted by atomic mass is 79.9. The number of rotatable bonds is 2. The van der Waals surface area contributed by atoms with Crippen LogP contribution in [-0.4, -0.2) is 40.7 Å². The molecule has 0 aromatic heterocycles. The largest absolute Gasteiger partial charge is 0.506 e. The van der Waals surface area contributed by atoms with Gasteiger partial charge in [0.05, 0.1) is 10.0 Å². The minimum Gasteiger partial charge on any atom is -0.506 e. The molecule has 104 valence electrons. The predicted octanol–water partition coefficient (Wildman–Crippen LogP) is 2.65. The third kappa shape index (κ3) is 3.22. The first-order valence-electron chi connectivity index (χ1n) is 6.11. The summed E-state index contributed by atoms with van der Waals surface area (Å²) in [6, 6.07) is 3.02. The molecule has 1 fully saturated rings. The normalized spacial score (nSPS) is 16.7. The van der Waals surface area contributed by atoms with Crippen LogP contribution in [0.2, 0.25) is 5.02 Å². The van der Waals surface area contributed by atoms with E-state index in [2.05, 4.69) is 15.9 Å². The number of halogens is 2. The fraction of sp³-hybridized carbons (Fsp3) is 0.462. The van der Waals surface area contributed by atoms with Crippen LogP contribution >= 0.6 is 27.5 Å². The number of aliphatic hydroxyl groups excluding tert-OH is 1. The second-order valence-electron chi connectivity index (χ2n) is 4.70. The van der Waals surface area contributed by atoms with E-state index in [1.807, 2.05) is 0 Å². The Hall–Kier alpha value is -0.780. The number of aliphatic hydroxyl groups is 1. The highest BCUT2D eigenvalue weighted by Crippen LogP contribution is 2.33. The molecule has 0 bridgehead atoms. The summed E-state index contributed by atoms with van der Waals surface area (Å²) >= 11 is 9.08. The van der Waals surface area contributed by atoms with E-state index in [1.165, 1.54) is 6.07 Å². The fourth-order valence-corrected chi connectivity index (χ4v) is 3.03. The molecule has 0 radical (unpaired) electrons. The van der Waals surface area contributed by atoms with Gasteiger partial charge in [0, 0.05) is 24.7 Å². The Balaban J connectivity index is 2.17. The molecule has 0 saturated carbocycles. The summed E-state index contributed by atoms with van der Waals surface area (Å²) in [7, 11) is 0. The molecule has 2 rings (SSSR count). The van der Waals surface area contributed by atoms with Crippen LogP contribution in [0.3, 0.4) is 0 Å². The number of carbonyl (C=O) groups is 1. The highest BCUT2D eigenvalue weighted by molar-refractivity contribution is 9.10. The lowest BCUT2D eigenvalue weighted by Crippen LogP contribution is -2.39. The first-order chi connectivity index (χ1) is 9.02. The van der Waals surface area contributed by atoms with Crippen molar-refractivity contribution in [3.8, 4) is 5.75 Å². The Bertz CT molecular complexity index is 487. The molecule has 4 nitrogen and oxygen atoms in total. The van der Waals surface area contributed by atoms with E-state index in [0.29, 0.717) is 22.6 Å². The average molecular weight is 349 g/mol. The van der Waals surface area contributed by atoms with Crippen molar-refractivity contribution in [2.75, 3.05) is 19.7 Å². The summed E-state index contributed by atoms with van der Waals surface area (Å²) in [5.41, 5.74) is 0.210. The molecule has 1 aliphatic heterocycles. The Kier molecular flexibility index (Phi) is 4.71. The minimum atomic E-state index is -0.225. The number of benzene rings is 1. The summed E-state index contributed by atoms with van der Waals surface area (Å²) < 4.78 is 0.411. The third-order valence-corrected chi connectivity index (χ3v) is 4.24. The molecule has 0 unspecified atom stereocenters. The first-order valence-corrected chi connectivity index (χ1v) is 7.28. The Morgan fingerprint density at radius 3 is 2.63 bits per heavy atom. The SMILES string of the molecule is O=C(c1cc(Cl)cc(Br)c1O)N1CCC(CO)CC1. The smallest absolute Gasteiger partial charge is 0.257 e. The van der Waals surface area contributed by atoms with Crippen LogP contribution in [0.5, 0.6) is 5.75 Å². The van der Waals surface area contributed by atoms with Gasteiger partial charge in [-0.25, -0.2) is 0 Å². The van der Waals surface area contributed by atoms with Crippen LogP contribution < -0.4 is 0 Å². The standard InChI is InChI=1S/C13H15BrClNO3/c14-11-6-9(15)5-10(12(11)18)13(19)16-3-1-8(7-17)2-4-16/h5-6,8,17-18H,1-4,7H2. The summed E-state index contributed by atoms with van der Waals surface area (Å²) in [6.07, 6.45) is 1.56. The van der Waals surface area contributed by atoms with Gasteiger partial charge in [-0.1, -0.05) is 11.6 Å². The van der Waals surface area contributed by atoms with Gasteiger partial charge in [-0.3, -0.25) is 4.79 Å². The van der Waals surface area contributed by atoms with Crippen molar-refractivity contribution in [3.63, 3.8) is 0 Å². The summed E-state index contributed by atoms with van der Waals surface area (Å²) in [5, 5.41) is 19.4. The molecule has 1 saturated heterocycles. The second-order valence-corrected chi connectivity index (χ2v) is 5.99. The molecule has 0 atom stereocenters. The molecule has 1 amide bonds. The number of likely N-dealkylation sites (tertiary alicyclic amines) is 1. The minimum absolute atomic E-state index is 0.0846. The van der Waals surface area contributed by atoms with E-state index < -0.39 is 0 Å². The first kappa shape index (κ1) is 14.6. The Labute approximate surface area is 125 Å². The highest BCUT2D eigenvalue weighted by Gasteiger charge is 2.25. The molecule has 1 aromatic rings. The predicted molar refractivity (Wildman–Crippen MR) is 76.5 cm³/mol. The lowest BCUT2D eigenvalue weighted by molar-refractivity contribution is 0.0648. The summed E-state index contributed by atoms with van der Waals surface area (Å²) in [4.78, 5) is 14.0. The lowest BCUT2D eigenvalue weighted by Gasteiger charge is -2.31. The monoisotopic (exact) mass is 347 g/mol. The number of nitrogens with zero attached hydrogens (tertiary/aromatic N) is 1. The molecule has 1 aromatic carbocycles. The van der Waals surface area contributed by atoms with E-state index >= 15 is 0 Å². The molecule has 0 aliphatic carbocycles. The van der Waals surface area contributed by atoms with Gasteiger partial charge in [-0.15, -0.1) is 0 Å². The van der Waals surface area contributed by atoms with Crippen molar-refractivity contribution >= 4 is 33.4 Å². The number of hydrogen-bond acceptors (Lipinski definition) is 3. The van der Waals surface area contributed by atoms with Gasteiger partial charge >= 0.3 is 0 Å². The van der Waals surface area contributed by atoms with Crippen molar-refractivity contribution in [1.82, 2.24) is 4.90 Å². The van der Waals surface area contributed by atoms with Gasteiger partial charge < -0.3 is 15.1 Å². The van der Waals surface area contributed by atoms with E-state index in [1.54, 1.807) is 11.0 Å². The molecule has 1 heterocycles. The number of phenolic OH excluding ortho intramolecular Hbond substituents is 1. The maximum Gasteiger partial charge on any atom is 0.257 e. The van der Waals surface area contributed by atoms with Gasteiger partial charge in [-0.2, -0.15) is 0 Å². The average Bonchev–Trinajstić information content (AvgIpc) is 2.42. The van der Waals surface area contributed by atoms with Crippen LogP contribution in [0.15, 0.2) is 16.6 Å². The number of piperidine rings is 1. The van der Waals surface area contributed by atoms with Crippen molar-refractivity contribution in [3.05, 3.63) is 27.2 Å². The van der Waals surface area contributed by atoms with E-state index in [9.17, 15) is 9.90 Å². The van der Waals surface area contributed by atoms with Crippen molar-refractivity contribution in [2.45, 2.75) is 12.8 Å². The number of aromatic hydroxyl groups is 1. The third-order valence-electron chi connectivity index (χ3n) is 3.42.